The zero-order valence-corrected chi connectivity index (χ0v) is 16.1. The molecule has 2 amide bonds. The van der Waals surface area contributed by atoms with Gasteiger partial charge in [0.25, 0.3) is 5.91 Å². The average molecular weight is 395 g/mol. The Bertz CT molecular complexity index is 913. The highest BCUT2D eigenvalue weighted by atomic mass is 32.1. The third kappa shape index (κ3) is 5.48. The first-order valence-electron chi connectivity index (χ1n) is 8.89. The molecule has 0 fully saturated rings. The van der Waals surface area contributed by atoms with Gasteiger partial charge in [-0.2, -0.15) is 0 Å². The lowest BCUT2D eigenvalue weighted by molar-refractivity contribution is -0.115. The maximum Gasteiger partial charge on any atom is 0.273 e. The van der Waals surface area contributed by atoms with Gasteiger partial charge in [0.2, 0.25) is 5.91 Å². The second kappa shape index (κ2) is 9.77. The number of benzene rings is 2. The molecule has 0 spiro atoms. The van der Waals surface area contributed by atoms with Gasteiger partial charge < -0.3 is 15.3 Å². The molecule has 3 aromatic rings. The standard InChI is InChI=1S/C21H21N3O3S/c25-12-11-24(14-17-9-5-2-6-10-17)20(27)18-15-28-21(22-18)23-19(26)13-16-7-3-1-4-8-16/h1-10,15,25H,11-14H2,(H,22,23,26). The highest BCUT2D eigenvalue weighted by Crippen LogP contribution is 2.18. The fourth-order valence-electron chi connectivity index (χ4n) is 2.71. The lowest BCUT2D eigenvalue weighted by Gasteiger charge is -2.20. The maximum atomic E-state index is 12.8. The van der Waals surface area contributed by atoms with E-state index in [2.05, 4.69) is 10.3 Å². The Kier molecular flexibility index (Phi) is 6.89. The Hall–Kier alpha value is -3.03. The summed E-state index contributed by atoms with van der Waals surface area (Å²) in [6.07, 6.45) is 0.244. The monoisotopic (exact) mass is 395 g/mol. The molecule has 0 aliphatic carbocycles. The van der Waals surface area contributed by atoms with E-state index in [0.29, 0.717) is 11.7 Å². The Labute approximate surface area is 167 Å². The van der Waals surface area contributed by atoms with Crippen molar-refractivity contribution in [2.75, 3.05) is 18.5 Å². The van der Waals surface area contributed by atoms with Crippen LogP contribution in [0.15, 0.2) is 66.0 Å². The van der Waals surface area contributed by atoms with Crippen LogP contribution in [0, 0.1) is 0 Å². The van der Waals surface area contributed by atoms with Crippen molar-refractivity contribution in [2.24, 2.45) is 0 Å². The first kappa shape index (κ1) is 19.7. The molecule has 7 heteroatoms. The lowest BCUT2D eigenvalue weighted by atomic mass is 10.1. The summed E-state index contributed by atoms with van der Waals surface area (Å²) in [6.45, 7) is 0.456. The Morgan fingerprint density at radius 2 is 1.64 bits per heavy atom. The molecule has 1 aromatic heterocycles. The molecular formula is C21H21N3O3S. The molecule has 2 aromatic carbocycles. The van der Waals surface area contributed by atoms with Gasteiger partial charge in [-0.25, -0.2) is 4.98 Å². The van der Waals surface area contributed by atoms with Crippen LogP contribution in [-0.2, 0) is 17.8 Å². The second-order valence-electron chi connectivity index (χ2n) is 6.18. The molecule has 1 heterocycles. The van der Waals surface area contributed by atoms with Crippen molar-refractivity contribution in [2.45, 2.75) is 13.0 Å². The van der Waals surface area contributed by atoms with E-state index in [0.717, 1.165) is 11.1 Å². The Morgan fingerprint density at radius 1 is 1.00 bits per heavy atom. The largest absolute Gasteiger partial charge is 0.395 e. The first-order chi connectivity index (χ1) is 13.7. The van der Waals surface area contributed by atoms with Crippen molar-refractivity contribution >= 4 is 28.3 Å². The van der Waals surface area contributed by atoms with Crippen molar-refractivity contribution in [1.29, 1.82) is 0 Å². The molecule has 28 heavy (non-hydrogen) atoms. The van der Waals surface area contributed by atoms with Crippen molar-refractivity contribution in [1.82, 2.24) is 9.88 Å². The number of aliphatic hydroxyl groups excluding tert-OH is 1. The molecule has 6 nitrogen and oxygen atoms in total. The fraction of sp³-hybridized carbons (Fsp3) is 0.190. The van der Waals surface area contributed by atoms with E-state index < -0.39 is 0 Å². The van der Waals surface area contributed by atoms with Gasteiger partial charge in [-0.1, -0.05) is 60.7 Å². The summed E-state index contributed by atoms with van der Waals surface area (Å²) in [6, 6.07) is 19.0. The smallest absolute Gasteiger partial charge is 0.273 e. The minimum Gasteiger partial charge on any atom is -0.395 e. The van der Waals surface area contributed by atoms with E-state index in [4.69, 9.17) is 0 Å². The van der Waals surface area contributed by atoms with Gasteiger partial charge in [0, 0.05) is 18.5 Å². The SMILES string of the molecule is O=C(Cc1ccccc1)Nc1nc(C(=O)N(CCO)Cc2ccccc2)cs1. The average Bonchev–Trinajstić information content (AvgIpc) is 3.17. The van der Waals surface area contributed by atoms with E-state index in [1.807, 2.05) is 60.7 Å². The molecule has 0 atom stereocenters. The van der Waals surface area contributed by atoms with E-state index in [9.17, 15) is 14.7 Å². The van der Waals surface area contributed by atoms with Crippen LogP contribution >= 0.6 is 11.3 Å². The molecule has 0 radical (unpaired) electrons. The summed E-state index contributed by atoms with van der Waals surface area (Å²) >= 11 is 1.21. The summed E-state index contributed by atoms with van der Waals surface area (Å²) in [5.41, 5.74) is 2.13. The minimum atomic E-state index is -0.280. The number of rotatable bonds is 8. The molecule has 0 bridgehead atoms. The molecule has 0 saturated heterocycles. The quantitative estimate of drug-likeness (QED) is 0.614. The van der Waals surface area contributed by atoms with E-state index in [1.165, 1.54) is 11.3 Å². The van der Waals surface area contributed by atoms with Crippen LogP contribution in [-0.4, -0.2) is 40.0 Å². The number of amides is 2. The second-order valence-corrected chi connectivity index (χ2v) is 7.04. The number of hydrogen-bond donors (Lipinski definition) is 2. The molecule has 2 N–H and O–H groups in total. The molecule has 0 saturated carbocycles. The Morgan fingerprint density at radius 3 is 2.29 bits per heavy atom. The number of thiazole rings is 1. The number of nitrogens with one attached hydrogen (secondary N) is 1. The van der Waals surface area contributed by atoms with Crippen LogP contribution in [0.25, 0.3) is 0 Å². The van der Waals surface area contributed by atoms with Gasteiger partial charge in [-0.15, -0.1) is 11.3 Å². The number of carbonyl (C=O) groups is 2. The van der Waals surface area contributed by atoms with Crippen LogP contribution in [0.5, 0.6) is 0 Å². The van der Waals surface area contributed by atoms with Gasteiger partial charge in [0.05, 0.1) is 13.0 Å². The van der Waals surface area contributed by atoms with Gasteiger partial charge in [-0.05, 0) is 11.1 Å². The molecule has 3 rings (SSSR count). The zero-order valence-electron chi connectivity index (χ0n) is 15.2. The van der Waals surface area contributed by atoms with Gasteiger partial charge in [-0.3, -0.25) is 9.59 Å². The fourth-order valence-corrected chi connectivity index (χ4v) is 3.41. The highest BCUT2D eigenvalue weighted by Gasteiger charge is 2.19. The van der Waals surface area contributed by atoms with E-state index >= 15 is 0 Å². The number of carbonyl (C=O) groups excluding carboxylic acids is 2. The van der Waals surface area contributed by atoms with Crippen LogP contribution in [0.4, 0.5) is 5.13 Å². The zero-order chi connectivity index (χ0) is 19.8. The van der Waals surface area contributed by atoms with Crippen LogP contribution in [0.1, 0.15) is 21.6 Å². The van der Waals surface area contributed by atoms with Crippen molar-refractivity contribution in [3.63, 3.8) is 0 Å². The topological polar surface area (TPSA) is 82.5 Å². The van der Waals surface area contributed by atoms with Gasteiger partial charge in [0.1, 0.15) is 5.69 Å². The molecule has 0 aliphatic rings. The Balaban J connectivity index is 1.63. The number of aromatic nitrogens is 1. The number of aliphatic hydroxyl groups is 1. The summed E-state index contributed by atoms with van der Waals surface area (Å²) < 4.78 is 0. The van der Waals surface area contributed by atoms with Crippen LogP contribution < -0.4 is 5.32 Å². The third-order valence-corrected chi connectivity index (χ3v) is 4.81. The molecule has 0 aliphatic heterocycles. The predicted molar refractivity (Wildman–Crippen MR) is 109 cm³/mol. The summed E-state index contributed by atoms with van der Waals surface area (Å²) in [4.78, 5) is 30.7. The minimum absolute atomic E-state index is 0.136. The number of nitrogens with zero attached hydrogens (tertiary/aromatic N) is 2. The number of hydrogen-bond acceptors (Lipinski definition) is 5. The van der Waals surface area contributed by atoms with E-state index in [1.54, 1.807) is 10.3 Å². The normalized spacial score (nSPS) is 10.5. The molecule has 0 unspecified atom stereocenters. The molecular weight excluding hydrogens is 374 g/mol. The van der Waals surface area contributed by atoms with Crippen molar-refractivity contribution in [3.8, 4) is 0 Å². The van der Waals surface area contributed by atoms with Crippen molar-refractivity contribution < 1.29 is 14.7 Å². The summed E-state index contributed by atoms with van der Waals surface area (Å²) in [7, 11) is 0. The lowest BCUT2D eigenvalue weighted by Crippen LogP contribution is -2.33. The maximum absolute atomic E-state index is 12.8. The summed E-state index contributed by atoms with van der Waals surface area (Å²) in [5.74, 6) is -0.464. The van der Waals surface area contributed by atoms with Crippen molar-refractivity contribution in [3.05, 3.63) is 82.9 Å². The van der Waals surface area contributed by atoms with Crippen LogP contribution in [0.2, 0.25) is 0 Å². The van der Waals surface area contributed by atoms with Gasteiger partial charge >= 0.3 is 0 Å². The van der Waals surface area contributed by atoms with Gasteiger partial charge in [0.15, 0.2) is 5.13 Å². The highest BCUT2D eigenvalue weighted by molar-refractivity contribution is 7.14. The van der Waals surface area contributed by atoms with E-state index in [-0.39, 0.29) is 37.1 Å². The third-order valence-electron chi connectivity index (χ3n) is 4.05. The number of anilines is 1. The molecule has 144 valence electrons. The first-order valence-corrected chi connectivity index (χ1v) is 9.77. The van der Waals surface area contributed by atoms with Crippen LogP contribution in [0.3, 0.4) is 0 Å². The summed E-state index contributed by atoms with van der Waals surface area (Å²) in [5, 5.41) is 14.0. The predicted octanol–water partition coefficient (Wildman–Crippen LogP) is 2.96.